The Hall–Kier alpha value is -4.03. The van der Waals surface area contributed by atoms with E-state index in [1.165, 1.54) is 16.5 Å². The van der Waals surface area contributed by atoms with Crippen molar-refractivity contribution in [3.63, 3.8) is 0 Å². The van der Waals surface area contributed by atoms with E-state index in [9.17, 15) is 9.59 Å². The molecule has 0 saturated heterocycles. The molecule has 2 amide bonds. The predicted molar refractivity (Wildman–Crippen MR) is 147 cm³/mol. The van der Waals surface area contributed by atoms with Gasteiger partial charge in [0.25, 0.3) is 5.91 Å². The van der Waals surface area contributed by atoms with Gasteiger partial charge in [-0.3, -0.25) is 19.5 Å². The number of fused-ring (bicyclic) bond motifs is 3. The molecule has 0 saturated carbocycles. The maximum atomic E-state index is 13.4. The number of carbonyl (C=O) groups excluding carboxylic acids is 2. The normalized spacial score (nSPS) is 16.9. The number of para-hydroxylation sites is 1. The first kappa shape index (κ1) is 23.4. The van der Waals surface area contributed by atoms with E-state index in [0.717, 1.165) is 60.4 Å². The molecule has 6 rings (SSSR count). The molecule has 0 radical (unpaired) electrons. The van der Waals surface area contributed by atoms with Gasteiger partial charge in [0.1, 0.15) is 0 Å². The van der Waals surface area contributed by atoms with E-state index in [0.29, 0.717) is 5.69 Å². The molecule has 6 heteroatoms. The lowest BCUT2D eigenvalue weighted by molar-refractivity contribution is -0.116. The number of pyridine rings is 1. The Morgan fingerprint density at radius 1 is 1.03 bits per heavy atom. The van der Waals surface area contributed by atoms with Crippen molar-refractivity contribution in [1.82, 2.24) is 9.88 Å². The first-order chi connectivity index (χ1) is 18.0. The number of aromatic nitrogens is 1. The monoisotopic (exact) mass is 490 g/mol. The van der Waals surface area contributed by atoms with Crippen LogP contribution in [0.4, 0.5) is 11.4 Å². The number of carbonyl (C=O) groups is 2. The fraction of sp³-hybridized carbons (Fsp3) is 0.258. The lowest BCUT2D eigenvalue weighted by Gasteiger charge is -2.30. The van der Waals surface area contributed by atoms with Gasteiger partial charge in [0.2, 0.25) is 5.91 Å². The maximum absolute atomic E-state index is 13.4. The lowest BCUT2D eigenvalue weighted by Crippen LogP contribution is -2.33. The summed E-state index contributed by atoms with van der Waals surface area (Å²) in [4.78, 5) is 34.3. The second kappa shape index (κ2) is 9.45. The minimum Gasteiger partial charge on any atom is -0.322 e. The average Bonchev–Trinajstić information content (AvgIpc) is 3.23. The second-order valence-corrected chi connectivity index (χ2v) is 10.1. The summed E-state index contributed by atoms with van der Waals surface area (Å²) in [5, 5.41) is 4.28. The van der Waals surface area contributed by atoms with Gasteiger partial charge in [-0.05, 0) is 72.4 Å². The summed E-state index contributed by atoms with van der Waals surface area (Å²) in [6.45, 7) is 6.18. The Bertz CT molecular complexity index is 1520. The van der Waals surface area contributed by atoms with Crippen LogP contribution < -0.4 is 10.2 Å². The third-order valence-corrected chi connectivity index (χ3v) is 7.62. The number of benzene rings is 3. The van der Waals surface area contributed by atoms with Crippen LogP contribution in [0.25, 0.3) is 10.9 Å². The van der Waals surface area contributed by atoms with Crippen LogP contribution in [-0.2, 0) is 30.7 Å². The molecule has 3 aromatic carbocycles. The third kappa shape index (κ3) is 4.38. The summed E-state index contributed by atoms with van der Waals surface area (Å²) >= 11 is 0. The quantitative estimate of drug-likeness (QED) is 0.419. The van der Waals surface area contributed by atoms with Crippen molar-refractivity contribution in [3.8, 4) is 0 Å². The molecule has 2 aliphatic rings. The molecule has 1 unspecified atom stereocenters. The van der Waals surface area contributed by atoms with Gasteiger partial charge in [-0.2, -0.15) is 0 Å². The fourth-order valence-electron chi connectivity index (χ4n) is 5.91. The Labute approximate surface area is 216 Å². The predicted octanol–water partition coefficient (Wildman–Crippen LogP) is 5.34. The molecular formula is C31H30N4O2. The van der Waals surface area contributed by atoms with Crippen LogP contribution in [0, 0.1) is 0 Å². The van der Waals surface area contributed by atoms with Crippen molar-refractivity contribution < 1.29 is 9.59 Å². The van der Waals surface area contributed by atoms with Gasteiger partial charge in [-0.25, -0.2) is 0 Å². The van der Waals surface area contributed by atoms with Crippen molar-refractivity contribution in [1.29, 1.82) is 0 Å². The van der Waals surface area contributed by atoms with Gasteiger partial charge in [0.05, 0.1) is 5.52 Å². The molecule has 6 nitrogen and oxygen atoms in total. The van der Waals surface area contributed by atoms with Gasteiger partial charge < -0.3 is 10.2 Å². The lowest BCUT2D eigenvalue weighted by atomic mass is 9.93. The highest BCUT2D eigenvalue weighted by molar-refractivity contribution is 6.06. The molecule has 0 fully saturated rings. The largest absolute Gasteiger partial charge is 0.322 e. The fourth-order valence-corrected chi connectivity index (χ4v) is 5.91. The van der Waals surface area contributed by atoms with Gasteiger partial charge in [0, 0.05) is 61.1 Å². The third-order valence-electron chi connectivity index (χ3n) is 7.62. The van der Waals surface area contributed by atoms with Crippen molar-refractivity contribution >= 4 is 34.1 Å². The summed E-state index contributed by atoms with van der Waals surface area (Å²) < 4.78 is 0. The highest BCUT2D eigenvalue weighted by atomic mass is 16.2. The molecule has 1 aromatic heterocycles. The van der Waals surface area contributed by atoms with Crippen LogP contribution >= 0.6 is 0 Å². The smallest absolute Gasteiger partial charge is 0.255 e. The molecular weight excluding hydrogens is 460 g/mol. The van der Waals surface area contributed by atoms with E-state index in [4.69, 9.17) is 0 Å². The van der Waals surface area contributed by atoms with Gasteiger partial charge in [0.15, 0.2) is 0 Å². The molecule has 3 heterocycles. The maximum Gasteiger partial charge on any atom is 0.255 e. The van der Waals surface area contributed by atoms with E-state index in [1.54, 1.807) is 6.92 Å². The average molecular weight is 491 g/mol. The minimum absolute atomic E-state index is 0.0242. The number of nitrogens with zero attached hydrogens (tertiary/aromatic N) is 3. The van der Waals surface area contributed by atoms with Crippen molar-refractivity contribution in [3.05, 3.63) is 101 Å². The van der Waals surface area contributed by atoms with Gasteiger partial charge in [-0.15, -0.1) is 0 Å². The number of hydrogen-bond donors (Lipinski definition) is 1. The van der Waals surface area contributed by atoms with Crippen LogP contribution in [-0.4, -0.2) is 34.3 Å². The van der Waals surface area contributed by atoms with Crippen LogP contribution in [0.1, 0.15) is 46.5 Å². The van der Waals surface area contributed by atoms with Gasteiger partial charge in [-0.1, -0.05) is 36.4 Å². The standard InChI is InChI=1S/C31H30N4O2/c1-20-16-22-10-11-25(17-30(22)35(20)21(2)36)33-31(37)28-8-5-6-23-18-34(15-13-26(23)28)19-24-12-14-32-29-9-4-3-7-27(24)29/h3-12,14,17,20H,13,15-16,18-19H2,1-2H3,(H,33,37). The molecule has 1 atom stereocenters. The van der Waals surface area contributed by atoms with Crippen LogP contribution in [0.5, 0.6) is 0 Å². The van der Waals surface area contributed by atoms with Crippen molar-refractivity contribution in [2.45, 2.75) is 45.8 Å². The van der Waals surface area contributed by atoms with Crippen molar-refractivity contribution in [2.75, 3.05) is 16.8 Å². The van der Waals surface area contributed by atoms with Gasteiger partial charge >= 0.3 is 0 Å². The van der Waals surface area contributed by atoms with Crippen LogP contribution in [0.3, 0.4) is 0 Å². The molecule has 2 aliphatic heterocycles. The second-order valence-electron chi connectivity index (χ2n) is 10.1. The van der Waals surface area contributed by atoms with E-state index >= 15 is 0 Å². The van der Waals surface area contributed by atoms with Crippen LogP contribution in [0.2, 0.25) is 0 Å². The molecule has 4 aromatic rings. The van der Waals surface area contributed by atoms with E-state index in [2.05, 4.69) is 52.5 Å². The molecule has 0 aliphatic carbocycles. The topological polar surface area (TPSA) is 65.5 Å². The Morgan fingerprint density at radius 3 is 2.76 bits per heavy atom. The molecule has 37 heavy (non-hydrogen) atoms. The number of hydrogen-bond acceptors (Lipinski definition) is 4. The Balaban J connectivity index is 1.20. The first-order valence-electron chi connectivity index (χ1n) is 12.9. The zero-order valence-electron chi connectivity index (χ0n) is 21.2. The van der Waals surface area contributed by atoms with E-state index < -0.39 is 0 Å². The summed E-state index contributed by atoms with van der Waals surface area (Å²) in [5.41, 5.74) is 8.08. The SMILES string of the molecule is CC(=O)N1c2cc(NC(=O)c3cccc4c3CCN(Cc3ccnc5ccccc35)C4)ccc2CC1C. The zero-order valence-corrected chi connectivity index (χ0v) is 21.2. The Morgan fingerprint density at radius 2 is 1.89 bits per heavy atom. The number of amides is 2. The van der Waals surface area contributed by atoms with E-state index in [-0.39, 0.29) is 17.9 Å². The number of nitrogens with one attached hydrogen (secondary N) is 1. The van der Waals surface area contributed by atoms with E-state index in [1.807, 2.05) is 47.5 Å². The summed E-state index contributed by atoms with van der Waals surface area (Å²) in [6.07, 6.45) is 3.54. The molecule has 186 valence electrons. The highest BCUT2D eigenvalue weighted by Gasteiger charge is 2.29. The summed E-state index contributed by atoms with van der Waals surface area (Å²) in [6, 6.07) is 22.4. The van der Waals surface area contributed by atoms with Crippen LogP contribution in [0.15, 0.2) is 72.9 Å². The van der Waals surface area contributed by atoms with Crippen molar-refractivity contribution in [2.24, 2.45) is 0 Å². The molecule has 0 spiro atoms. The number of rotatable bonds is 4. The number of anilines is 2. The first-order valence-corrected chi connectivity index (χ1v) is 12.9. The summed E-state index contributed by atoms with van der Waals surface area (Å²) in [7, 11) is 0. The highest BCUT2D eigenvalue weighted by Crippen LogP contribution is 2.35. The minimum atomic E-state index is -0.106. The Kier molecular flexibility index (Phi) is 5.97. The molecule has 1 N–H and O–H groups in total. The zero-order chi connectivity index (χ0) is 25.5. The summed E-state index contributed by atoms with van der Waals surface area (Å²) in [5.74, 6) is -0.0815. The molecule has 0 bridgehead atoms.